The van der Waals surface area contributed by atoms with E-state index in [9.17, 15) is 5.11 Å². The standard InChI is InChI=1S/C16H27ClN2O/c1-4-12-15(17)13(19(5-2)18-12)11-14(20)16(3)9-7-6-8-10-16/h14,20H,4-11H2,1-3H3. The molecule has 2 rings (SSSR count). The van der Waals surface area contributed by atoms with E-state index >= 15 is 0 Å². The highest BCUT2D eigenvalue weighted by atomic mass is 35.5. The van der Waals surface area contributed by atoms with Crippen LogP contribution in [0.5, 0.6) is 0 Å². The van der Waals surface area contributed by atoms with Gasteiger partial charge in [-0.2, -0.15) is 5.10 Å². The molecule has 0 aromatic carbocycles. The van der Waals surface area contributed by atoms with E-state index in [-0.39, 0.29) is 11.5 Å². The van der Waals surface area contributed by atoms with E-state index in [1.807, 2.05) is 4.68 Å². The molecule has 114 valence electrons. The van der Waals surface area contributed by atoms with Gasteiger partial charge in [0.25, 0.3) is 0 Å². The monoisotopic (exact) mass is 298 g/mol. The molecule has 1 aliphatic carbocycles. The number of rotatable bonds is 5. The molecule has 3 nitrogen and oxygen atoms in total. The van der Waals surface area contributed by atoms with Crippen LogP contribution in [0.15, 0.2) is 0 Å². The molecule has 1 N–H and O–H groups in total. The Bertz CT molecular complexity index is 450. The van der Waals surface area contributed by atoms with E-state index in [1.165, 1.54) is 19.3 Å². The largest absolute Gasteiger partial charge is 0.392 e. The molecule has 1 aromatic rings. The summed E-state index contributed by atoms with van der Waals surface area (Å²) in [7, 11) is 0. The number of aliphatic hydroxyl groups is 1. The number of hydrogen-bond donors (Lipinski definition) is 1. The van der Waals surface area contributed by atoms with Gasteiger partial charge in [0, 0.05) is 13.0 Å². The Hall–Kier alpha value is -0.540. The van der Waals surface area contributed by atoms with Crippen molar-refractivity contribution < 1.29 is 5.11 Å². The highest BCUT2D eigenvalue weighted by molar-refractivity contribution is 6.31. The summed E-state index contributed by atoms with van der Waals surface area (Å²) in [6.45, 7) is 7.16. The Labute approximate surface area is 127 Å². The lowest BCUT2D eigenvalue weighted by molar-refractivity contribution is 0.00914. The van der Waals surface area contributed by atoms with Crippen LogP contribution in [0.1, 0.15) is 64.3 Å². The molecule has 1 unspecified atom stereocenters. The molecule has 0 spiro atoms. The molecule has 1 aromatic heterocycles. The second kappa shape index (κ2) is 6.48. The fourth-order valence-electron chi connectivity index (χ4n) is 3.33. The van der Waals surface area contributed by atoms with Gasteiger partial charge in [-0.1, -0.05) is 44.7 Å². The molecule has 20 heavy (non-hydrogen) atoms. The molecule has 4 heteroatoms. The van der Waals surface area contributed by atoms with Gasteiger partial charge in [0.1, 0.15) is 0 Å². The molecule has 0 saturated heterocycles. The molecule has 1 aliphatic rings. The molecular formula is C16H27ClN2O. The molecule has 0 bridgehead atoms. The highest BCUT2D eigenvalue weighted by Gasteiger charge is 2.35. The fraction of sp³-hybridized carbons (Fsp3) is 0.812. The molecule has 1 saturated carbocycles. The van der Waals surface area contributed by atoms with Crippen LogP contribution in [0, 0.1) is 5.41 Å². The Kier molecular flexibility index (Phi) is 5.14. The van der Waals surface area contributed by atoms with Crippen molar-refractivity contribution in [2.75, 3.05) is 0 Å². The van der Waals surface area contributed by atoms with Crippen molar-refractivity contribution in [1.82, 2.24) is 9.78 Å². The van der Waals surface area contributed by atoms with Crippen LogP contribution in [0.3, 0.4) is 0 Å². The highest BCUT2D eigenvalue weighted by Crippen LogP contribution is 2.40. The number of halogens is 1. The minimum Gasteiger partial charge on any atom is -0.392 e. The first-order chi connectivity index (χ1) is 9.51. The minimum absolute atomic E-state index is 0.0385. The Morgan fingerprint density at radius 1 is 1.30 bits per heavy atom. The van der Waals surface area contributed by atoms with E-state index in [1.54, 1.807) is 0 Å². The summed E-state index contributed by atoms with van der Waals surface area (Å²) in [6.07, 6.45) is 7.13. The third-order valence-corrected chi connectivity index (χ3v) is 5.32. The third-order valence-electron chi connectivity index (χ3n) is 4.88. The zero-order valence-electron chi connectivity index (χ0n) is 13.0. The number of hydrogen-bond acceptors (Lipinski definition) is 2. The topological polar surface area (TPSA) is 38.0 Å². The van der Waals surface area contributed by atoms with Gasteiger partial charge in [-0.05, 0) is 31.6 Å². The van der Waals surface area contributed by atoms with Crippen molar-refractivity contribution in [1.29, 1.82) is 0 Å². The first-order valence-corrected chi connectivity index (χ1v) is 8.31. The lowest BCUT2D eigenvalue weighted by Gasteiger charge is -2.38. The van der Waals surface area contributed by atoms with Gasteiger partial charge in [-0.15, -0.1) is 0 Å². The van der Waals surface area contributed by atoms with Crippen LogP contribution in [0.4, 0.5) is 0 Å². The van der Waals surface area contributed by atoms with Crippen LogP contribution in [-0.4, -0.2) is 21.0 Å². The Morgan fingerprint density at radius 3 is 2.50 bits per heavy atom. The zero-order chi connectivity index (χ0) is 14.8. The van der Waals surface area contributed by atoms with E-state index in [0.29, 0.717) is 6.42 Å². The van der Waals surface area contributed by atoms with Gasteiger partial charge in [-0.3, -0.25) is 4.68 Å². The first kappa shape index (κ1) is 15.8. The van der Waals surface area contributed by atoms with Gasteiger partial charge >= 0.3 is 0 Å². The lowest BCUT2D eigenvalue weighted by Crippen LogP contribution is -2.36. The summed E-state index contributed by atoms with van der Waals surface area (Å²) in [6, 6.07) is 0. The third kappa shape index (κ3) is 3.04. The fourth-order valence-corrected chi connectivity index (χ4v) is 3.68. The normalized spacial score (nSPS) is 20.1. The average Bonchev–Trinajstić information content (AvgIpc) is 2.76. The van der Waals surface area contributed by atoms with Crippen LogP contribution in [-0.2, 0) is 19.4 Å². The first-order valence-electron chi connectivity index (χ1n) is 7.94. The zero-order valence-corrected chi connectivity index (χ0v) is 13.7. The van der Waals surface area contributed by atoms with Crippen LogP contribution in [0.25, 0.3) is 0 Å². The van der Waals surface area contributed by atoms with E-state index in [2.05, 4.69) is 25.9 Å². The SMILES string of the molecule is CCc1nn(CC)c(CC(O)C2(C)CCCCC2)c1Cl. The van der Waals surface area contributed by atoms with E-state index in [0.717, 1.165) is 42.2 Å². The smallest absolute Gasteiger partial charge is 0.0850 e. The van der Waals surface area contributed by atoms with Crippen LogP contribution < -0.4 is 0 Å². The predicted molar refractivity (Wildman–Crippen MR) is 83.2 cm³/mol. The summed E-state index contributed by atoms with van der Waals surface area (Å²) in [5.41, 5.74) is 1.99. The maximum absolute atomic E-state index is 10.7. The Morgan fingerprint density at radius 2 is 1.95 bits per heavy atom. The number of aryl methyl sites for hydroxylation is 2. The van der Waals surface area contributed by atoms with Gasteiger partial charge in [0.2, 0.25) is 0 Å². The second-order valence-corrected chi connectivity index (χ2v) is 6.69. The van der Waals surface area contributed by atoms with Gasteiger partial charge in [-0.25, -0.2) is 0 Å². The number of aromatic nitrogens is 2. The molecule has 1 fully saturated rings. The van der Waals surface area contributed by atoms with Crippen molar-refractivity contribution in [2.45, 2.75) is 78.4 Å². The summed E-state index contributed by atoms with van der Waals surface area (Å²) < 4.78 is 1.95. The van der Waals surface area contributed by atoms with E-state index in [4.69, 9.17) is 11.6 Å². The van der Waals surface area contributed by atoms with Gasteiger partial charge in [0.05, 0.1) is 22.5 Å². The van der Waals surface area contributed by atoms with Crippen LogP contribution >= 0.6 is 11.6 Å². The quantitative estimate of drug-likeness (QED) is 0.892. The van der Waals surface area contributed by atoms with Crippen molar-refractivity contribution in [2.24, 2.45) is 5.41 Å². The molecule has 1 atom stereocenters. The Balaban J connectivity index is 2.18. The molecule has 0 radical (unpaired) electrons. The van der Waals surface area contributed by atoms with Crippen molar-refractivity contribution in [3.05, 3.63) is 16.4 Å². The summed E-state index contributed by atoms with van der Waals surface area (Å²) in [5, 5.41) is 16.0. The molecule has 0 aliphatic heterocycles. The lowest BCUT2D eigenvalue weighted by atomic mass is 9.70. The van der Waals surface area contributed by atoms with Crippen LogP contribution in [0.2, 0.25) is 5.02 Å². The summed E-state index contributed by atoms with van der Waals surface area (Å²) in [5.74, 6) is 0. The number of nitrogens with zero attached hydrogens (tertiary/aromatic N) is 2. The molecular weight excluding hydrogens is 272 g/mol. The predicted octanol–water partition coefficient (Wildman–Crippen LogP) is 3.99. The maximum atomic E-state index is 10.7. The maximum Gasteiger partial charge on any atom is 0.0850 e. The molecule has 1 heterocycles. The average molecular weight is 299 g/mol. The molecule has 0 amide bonds. The van der Waals surface area contributed by atoms with E-state index < -0.39 is 0 Å². The van der Waals surface area contributed by atoms with Gasteiger partial charge < -0.3 is 5.11 Å². The van der Waals surface area contributed by atoms with Crippen molar-refractivity contribution >= 4 is 11.6 Å². The van der Waals surface area contributed by atoms with Crippen molar-refractivity contribution in [3.63, 3.8) is 0 Å². The minimum atomic E-state index is -0.327. The number of aliphatic hydroxyl groups excluding tert-OH is 1. The second-order valence-electron chi connectivity index (χ2n) is 6.31. The van der Waals surface area contributed by atoms with Gasteiger partial charge in [0.15, 0.2) is 0 Å². The van der Waals surface area contributed by atoms with Crippen molar-refractivity contribution in [3.8, 4) is 0 Å². The summed E-state index contributed by atoms with van der Waals surface area (Å²) >= 11 is 6.44. The summed E-state index contributed by atoms with van der Waals surface area (Å²) in [4.78, 5) is 0.